The smallest absolute Gasteiger partial charge is 0.273 e. The topological polar surface area (TPSA) is 24.3 Å². The molecule has 1 unspecified atom stereocenters. The minimum Gasteiger partial charge on any atom is -0.345 e. The van der Waals surface area contributed by atoms with E-state index in [0.717, 1.165) is 39.6 Å². The summed E-state index contributed by atoms with van der Waals surface area (Å²) in [5, 5.41) is 1.89. The summed E-state index contributed by atoms with van der Waals surface area (Å²) in [6.07, 6.45) is 12.2. The van der Waals surface area contributed by atoms with Crippen LogP contribution in [0.1, 0.15) is 31.0 Å². The Hall–Kier alpha value is -2.91. The molecular formula is C24H28F2N4. The second-order valence-corrected chi connectivity index (χ2v) is 7.68. The number of alkyl halides is 2. The van der Waals surface area contributed by atoms with Crippen molar-refractivity contribution in [2.45, 2.75) is 32.2 Å². The number of nitrogens with zero attached hydrogens (tertiary/aromatic N) is 4. The van der Waals surface area contributed by atoms with E-state index in [-0.39, 0.29) is 13.1 Å². The fourth-order valence-electron chi connectivity index (χ4n) is 3.79. The molecule has 1 atom stereocenters. The van der Waals surface area contributed by atoms with E-state index >= 15 is 0 Å². The summed E-state index contributed by atoms with van der Waals surface area (Å²) in [5.41, 5.74) is 3.78. The van der Waals surface area contributed by atoms with Crippen molar-refractivity contribution in [3.63, 3.8) is 0 Å². The van der Waals surface area contributed by atoms with Gasteiger partial charge in [-0.3, -0.25) is 4.90 Å². The van der Waals surface area contributed by atoms with Crippen LogP contribution in [0.25, 0.3) is 12.2 Å². The van der Waals surface area contributed by atoms with Crippen molar-refractivity contribution in [2.75, 3.05) is 25.0 Å². The molecule has 4 nitrogen and oxygen atoms in total. The van der Waals surface area contributed by atoms with Crippen LogP contribution in [0.5, 0.6) is 0 Å². The molecule has 0 bridgehead atoms. The van der Waals surface area contributed by atoms with Crippen LogP contribution in [-0.4, -0.2) is 40.5 Å². The molecular weight excluding hydrogens is 382 g/mol. The normalized spacial score (nSPS) is 18.0. The highest BCUT2D eigenvalue weighted by Crippen LogP contribution is 2.36. The highest BCUT2D eigenvalue weighted by molar-refractivity contribution is 5.65. The quantitative estimate of drug-likeness (QED) is 0.685. The third-order valence-corrected chi connectivity index (χ3v) is 5.57. The standard InChI is InChI=1S/C24H28F2N4/c1-7-18-13-19(21(9-3)30-14-24(25,26)15-30)10-11-22(18)29(6)17(4)12-23-20(8-2)27-16-28(23)5/h3,8,10-13,16,21H,4,7,14-15H2,1-2,5-6H3. The fourth-order valence-corrected chi connectivity index (χ4v) is 3.79. The number of hydrogen-bond donors (Lipinski definition) is 0. The SMILES string of the molecule is C#CC(c1ccc(N(C)C(=C)C=c2c(=CC)ncn2C)c(CC)c1)N1CC(F)(F)C1. The third-order valence-electron chi connectivity index (χ3n) is 5.57. The van der Waals surface area contributed by atoms with E-state index in [0.29, 0.717) is 0 Å². The van der Waals surface area contributed by atoms with Crippen LogP contribution in [0, 0.1) is 12.3 Å². The maximum Gasteiger partial charge on any atom is 0.273 e. The van der Waals surface area contributed by atoms with E-state index in [1.807, 2.05) is 60.8 Å². The molecule has 1 aromatic heterocycles. The van der Waals surface area contributed by atoms with Gasteiger partial charge in [0, 0.05) is 25.5 Å². The molecule has 30 heavy (non-hydrogen) atoms. The van der Waals surface area contributed by atoms with Crippen LogP contribution in [-0.2, 0) is 13.5 Å². The Morgan fingerprint density at radius 1 is 1.43 bits per heavy atom. The van der Waals surface area contributed by atoms with Gasteiger partial charge in [0.05, 0.1) is 36.2 Å². The Morgan fingerprint density at radius 2 is 2.13 bits per heavy atom. The van der Waals surface area contributed by atoms with Crippen molar-refractivity contribution >= 4 is 17.8 Å². The molecule has 6 heteroatoms. The van der Waals surface area contributed by atoms with E-state index in [4.69, 9.17) is 6.42 Å². The lowest BCUT2D eigenvalue weighted by molar-refractivity contribution is -0.139. The van der Waals surface area contributed by atoms with Crippen LogP contribution in [0.15, 0.2) is 36.8 Å². The van der Waals surface area contributed by atoms with Crippen LogP contribution >= 0.6 is 0 Å². The number of terminal acetylenes is 1. The van der Waals surface area contributed by atoms with Crippen LogP contribution in [0.4, 0.5) is 14.5 Å². The van der Waals surface area contributed by atoms with Crippen molar-refractivity contribution in [1.82, 2.24) is 14.5 Å². The third kappa shape index (κ3) is 4.17. The first-order valence-electron chi connectivity index (χ1n) is 9.99. The number of rotatable bonds is 6. The first-order valence-corrected chi connectivity index (χ1v) is 9.99. The summed E-state index contributed by atoms with van der Waals surface area (Å²) in [4.78, 5) is 8.03. The lowest BCUT2D eigenvalue weighted by Gasteiger charge is -2.42. The van der Waals surface area contributed by atoms with Crippen LogP contribution < -0.4 is 15.6 Å². The van der Waals surface area contributed by atoms with Gasteiger partial charge >= 0.3 is 0 Å². The molecule has 158 valence electrons. The predicted molar refractivity (Wildman–Crippen MR) is 119 cm³/mol. The molecule has 0 N–H and O–H groups in total. The number of benzene rings is 1. The van der Waals surface area contributed by atoms with Crippen molar-refractivity contribution in [3.8, 4) is 12.3 Å². The number of likely N-dealkylation sites (tertiary alicyclic amines) is 1. The molecule has 0 saturated carbocycles. The molecule has 0 spiro atoms. The molecule has 1 fully saturated rings. The number of imidazole rings is 1. The molecule has 0 amide bonds. The van der Waals surface area contributed by atoms with Crippen molar-refractivity contribution in [3.05, 3.63) is 58.6 Å². The van der Waals surface area contributed by atoms with Crippen molar-refractivity contribution in [2.24, 2.45) is 7.05 Å². The first kappa shape index (κ1) is 21.8. The van der Waals surface area contributed by atoms with Gasteiger partial charge in [0.25, 0.3) is 5.92 Å². The zero-order valence-electron chi connectivity index (χ0n) is 18.0. The Morgan fingerprint density at radius 3 is 2.70 bits per heavy atom. The summed E-state index contributed by atoms with van der Waals surface area (Å²) in [7, 11) is 3.91. The Kier molecular flexibility index (Phi) is 6.14. The zero-order valence-corrected chi connectivity index (χ0v) is 18.0. The maximum absolute atomic E-state index is 13.3. The zero-order chi connectivity index (χ0) is 22.1. The number of anilines is 1. The number of hydrogen-bond acceptors (Lipinski definition) is 3. The van der Waals surface area contributed by atoms with Gasteiger partial charge in [-0.2, -0.15) is 0 Å². The molecule has 3 rings (SSSR count). The fraction of sp³-hybridized carbons (Fsp3) is 0.375. The summed E-state index contributed by atoms with van der Waals surface area (Å²) in [6, 6.07) is 5.50. The summed E-state index contributed by atoms with van der Waals surface area (Å²) in [6.45, 7) is 7.66. The van der Waals surface area contributed by atoms with Crippen LogP contribution in [0.3, 0.4) is 0 Å². The van der Waals surface area contributed by atoms with Gasteiger partial charge in [-0.25, -0.2) is 13.8 Å². The van der Waals surface area contributed by atoms with Gasteiger partial charge in [-0.1, -0.05) is 37.6 Å². The molecule has 2 heterocycles. The second kappa shape index (κ2) is 8.45. The minimum atomic E-state index is -2.64. The van der Waals surface area contributed by atoms with E-state index in [1.165, 1.54) is 0 Å². The molecule has 0 aliphatic carbocycles. The maximum atomic E-state index is 13.3. The van der Waals surface area contributed by atoms with Gasteiger partial charge in [-0.05, 0) is 36.6 Å². The average Bonchev–Trinajstić information content (AvgIpc) is 3.05. The summed E-state index contributed by atoms with van der Waals surface area (Å²) < 4.78 is 28.6. The first-order chi connectivity index (χ1) is 14.2. The van der Waals surface area contributed by atoms with Crippen molar-refractivity contribution in [1.29, 1.82) is 0 Å². The molecule has 1 saturated heterocycles. The Labute approximate surface area is 176 Å². The highest BCUT2D eigenvalue weighted by Gasteiger charge is 2.46. The van der Waals surface area contributed by atoms with Gasteiger partial charge in [0.1, 0.15) is 0 Å². The van der Waals surface area contributed by atoms with E-state index in [1.54, 1.807) is 11.2 Å². The minimum absolute atomic E-state index is 0.293. The van der Waals surface area contributed by atoms with Crippen LogP contribution in [0.2, 0.25) is 0 Å². The molecule has 1 aliphatic rings. The molecule has 0 radical (unpaired) electrons. The largest absolute Gasteiger partial charge is 0.345 e. The molecule has 1 aliphatic heterocycles. The summed E-state index contributed by atoms with van der Waals surface area (Å²) >= 11 is 0. The highest BCUT2D eigenvalue weighted by atomic mass is 19.3. The predicted octanol–water partition coefficient (Wildman–Crippen LogP) is 2.84. The molecule has 2 aromatic rings. The second-order valence-electron chi connectivity index (χ2n) is 7.68. The number of aryl methyl sites for hydroxylation is 2. The van der Waals surface area contributed by atoms with E-state index in [9.17, 15) is 8.78 Å². The number of aromatic nitrogens is 2. The lowest BCUT2D eigenvalue weighted by Crippen LogP contribution is -2.56. The number of allylic oxidation sites excluding steroid dienone is 1. The van der Waals surface area contributed by atoms with E-state index in [2.05, 4.69) is 24.4 Å². The Balaban J connectivity index is 1.90. The van der Waals surface area contributed by atoms with Gasteiger partial charge in [0.2, 0.25) is 0 Å². The Bertz CT molecular complexity index is 1100. The van der Waals surface area contributed by atoms with Gasteiger partial charge in [0.15, 0.2) is 0 Å². The molecule has 1 aromatic carbocycles. The lowest BCUT2D eigenvalue weighted by atomic mass is 9.97. The van der Waals surface area contributed by atoms with Gasteiger partial charge < -0.3 is 9.47 Å². The average molecular weight is 411 g/mol. The van der Waals surface area contributed by atoms with Gasteiger partial charge in [-0.15, -0.1) is 6.42 Å². The summed E-state index contributed by atoms with van der Waals surface area (Å²) in [5.74, 6) is 0.0296. The van der Waals surface area contributed by atoms with Crippen molar-refractivity contribution < 1.29 is 8.78 Å². The van der Waals surface area contributed by atoms with E-state index < -0.39 is 12.0 Å². The monoisotopic (exact) mass is 410 g/mol. The number of halogens is 2.